The Labute approximate surface area is 64.8 Å². The highest BCUT2D eigenvalue weighted by Crippen LogP contribution is 2.04. The average molecular weight is 152 g/mol. The van der Waals surface area contributed by atoms with Gasteiger partial charge in [-0.1, -0.05) is 24.3 Å². The van der Waals surface area contributed by atoms with Gasteiger partial charge in [0.15, 0.2) is 0 Å². The van der Waals surface area contributed by atoms with Gasteiger partial charge in [-0.2, -0.15) is 0 Å². The van der Waals surface area contributed by atoms with Gasteiger partial charge in [-0.05, 0) is 17.7 Å². The van der Waals surface area contributed by atoms with Gasteiger partial charge in [-0.3, -0.25) is 0 Å². The third kappa shape index (κ3) is 2.51. The first-order valence-corrected chi connectivity index (χ1v) is 3.36. The summed E-state index contributed by atoms with van der Waals surface area (Å²) >= 11 is 0. The first-order valence-electron chi connectivity index (χ1n) is 3.36. The molecular formula is C9H9FO. The van der Waals surface area contributed by atoms with Gasteiger partial charge in [-0.15, -0.1) is 0 Å². The van der Waals surface area contributed by atoms with Gasteiger partial charge in [0, 0.05) is 0 Å². The summed E-state index contributed by atoms with van der Waals surface area (Å²) in [6.45, 7) is -0.0173. The second-order valence-electron chi connectivity index (χ2n) is 2.14. The number of rotatable bonds is 2. The van der Waals surface area contributed by atoms with Crippen LogP contribution in [0.4, 0.5) is 4.39 Å². The van der Waals surface area contributed by atoms with E-state index in [4.69, 9.17) is 5.11 Å². The molecule has 1 N–H and O–H groups in total. The predicted octanol–water partition coefficient (Wildman–Crippen LogP) is 1.83. The van der Waals surface area contributed by atoms with Crippen LogP contribution in [0.2, 0.25) is 0 Å². The van der Waals surface area contributed by atoms with E-state index in [1.807, 2.05) is 0 Å². The largest absolute Gasteiger partial charge is 0.392 e. The first kappa shape index (κ1) is 7.95. The first-order chi connectivity index (χ1) is 5.33. The molecule has 1 rings (SSSR count). The highest BCUT2D eigenvalue weighted by molar-refractivity contribution is 5.48. The van der Waals surface area contributed by atoms with E-state index in [-0.39, 0.29) is 12.4 Å². The fourth-order valence-corrected chi connectivity index (χ4v) is 0.799. The molecular weight excluding hydrogens is 143 g/mol. The Bertz CT molecular complexity index is 255. The molecule has 58 valence electrons. The van der Waals surface area contributed by atoms with Gasteiger partial charge in [0.2, 0.25) is 0 Å². The van der Waals surface area contributed by atoms with Crippen molar-refractivity contribution in [1.82, 2.24) is 0 Å². The standard InChI is InChI=1S/C9H9FO/c10-9-5-1-3-8(7-9)4-2-6-11/h1-5,7,11H,6H2. The van der Waals surface area contributed by atoms with Crippen LogP contribution in [0.1, 0.15) is 5.56 Å². The number of hydrogen-bond acceptors (Lipinski definition) is 1. The maximum Gasteiger partial charge on any atom is 0.123 e. The van der Waals surface area contributed by atoms with Crippen molar-refractivity contribution < 1.29 is 9.50 Å². The third-order valence-electron chi connectivity index (χ3n) is 1.26. The summed E-state index contributed by atoms with van der Waals surface area (Å²) < 4.78 is 12.5. The number of aliphatic hydroxyl groups is 1. The molecule has 0 unspecified atom stereocenters. The fraction of sp³-hybridized carbons (Fsp3) is 0.111. The van der Waals surface area contributed by atoms with Crippen molar-refractivity contribution in [1.29, 1.82) is 0 Å². The topological polar surface area (TPSA) is 20.2 Å². The summed E-state index contributed by atoms with van der Waals surface area (Å²) in [7, 11) is 0. The quantitative estimate of drug-likeness (QED) is 0.685. The Morgan fingerprint density at radius 1 is 1.45 bits per heavy atom. The van der Waals surface area contributed by atoms with Crippen LogP contribution in [0.15, 0.2) is 30.3 Å². The maximum absolute atomic E-state index is 12.5. The Morgan fingerprint density at radius 2 is 2.27 bits per heavy atom. The monoisotopic (exact) mass is 152 g/mol. The minimum Gasteiger partial charge on any atom is -0.392 e. The van der Waals surface area contributed by atoms with Crippen LogP contribution in [0.25, 0.3) is 6.08 Å². The van der Waals surface area contributed by atoms with Gasteiger partial charge in [0.25, 0.3) is 0 Å². The van der Waals surface area contributed by atoms with Gasteiger partial charge in [0.1, 0.15) is 5.82 Å². The predicted molar refractivity (Wildman–Crippen MR) is 42.5 cm³/mol. The normalized spacial score (nSPS) is 10.7. The number of halogens is 1. The average Bonchev–Trinajstić information content (AvgIpc) is 2.01. The molecule has 0 aliphatic carbocycles. The molecule has 0 bridgehead atoms. The van der Waals surface area contributed by atoms with E-state index in [9.17, 15) is 4.39 Å². The maximum atomic E-state index is 12.5. The molecule has 2 heteroatoms. The molecule has 0 heterocycles. The molecule has 0 aliphatic rings. The summed E-state index contributed by atoms with van der Waals surface area (Å²) in [5.41, 5.74) is 0.763. The van der Waals surface area contributed by atoms with Crippen molar-refractivity contribution in [2.24, 2.45) is 0 Å². The Morgan fingerprint density at radius 3 is 2.91 bits per heavy atom. The fourth-order valence-electron chi connectivity index (χ4n) is 0.799. The summed E-state index contributed by atoms with van der Waals surface area (Å²) in [6.07, 6.45) is 3.23. The SMILES string of the molecule is OCC=Cc1cccc(F)c1. The van der Waals surface area contributed by atoms with E-state index >= 15 is 0 Å². The molecule has 0 amide bonds. The van der Waals surface area contributed by atoms with Crippen LogP contribution >= 0.6 is 0 Å². The van der Waals surface area contributed by atoms with Gasteiger partial charge in [-0.25, -0.2) is 4.39 Å². The van der Waals surface area contributed by atoms with Crippen LogP contribution in [0.5, 0.6) is 0 Å². The van der Waals surface area contributed by atoms with Crippen LogP contribution in [-0.4, -0.2) is 11.7 Å². The summed E-state index contributed by atoms with van der Waals surface area (Å²) in [5.74, 6) is -0.259. The van der Waals surface area contributed by atoms with Crippen molar-refractivity contribution in [2.75, 3.05) is 6.61 Å². The van der Waals surface area contributed by atoms with Crippen LogP contribution in [0, 0.1) is 5.82 Å². The molecule has 0 radical (unpaired) electrons. The lowest BCUT2D eigenvalue weighted by molar-refractivity contribution is 0.343. The lowest BCUT2D eigenvalue weighted by Crippen LogP contribution is -1.76. The van der Waals surface area contributed by atoms with Gasteiger partial charge >= 0.3 is 0 Å². The van der Waals surface area contributed by atoms with E-state index in [2.05, 4.69) is 0 Å². The van der Waals surface area contributed by atoms with Crippen LogP contribution in [0.3, 0.4) is 0 Å². The smallest absolute Gasteiger partial charge is 0.123 e. The Kier molecular flexibility index (Phi) is 2.81. The molecule has 1 aromatic carbocycles. The molecule has 11 heavy (non-hydrogen) atoms. The Hall–Kier alpha value is -1.15. The van der Waals surface area contributed by atoms with E-state index in [1.165, 1.54) is 12.1 Å². The highest BCUT2D eigenvalue weighted by atomic mass is 19.1. The van der Waals surface area contributed by atoms with Crippen LogP contribution in [-0.2, 0) is 0 Å². The number of hydrogen-bond donors (Lipinski definition) is 1. The van der Waals surface area contributed by atoms with E-state index in [1.54, 1.807) is 24.3 Å². The van der Waals surface area contributed by atoms with Crippen molar-refractivity contribution in [2.45, 2.75) is 0 Å². The molecule has 0 saturated heterocycles. The number of benzene rings is 1. The van der Waals surface area contributed by atoms with Crippen molar-refractivity contribution >= 4 is 6.08 Å². The summed E-state index contributed by atoms with van der Waals surface area (Å²) in [6, 6.07) is 6.20. The zero-order valence-corrected chi connectivity index (χ0v) is 6.00. The van der Waals surface area contributed by atoms with E-state index < -0.39 is 0 Å². The third-order valence-corrected chi connectivity index (χ3v) is 1.26. The van der Waals surface area contributed by atoms with Crippen molar-refractivity contribution in [3.05, 3.63) is 41.7 Å². The summed E-state index contributed by atoms with van der Waals surface area (Å²) in [5, 5.41) is 8.42. The van der Waals surface area contributed by atoms with Crippen LogP contribution < -0.4 is 0 Å². The zero-order chi connectivity index (χ0) is 8.10. The van der Waals surface area contributed by atoms with Gasteiger partial charge in [0.05, 0.1) is 6.61 Å². The second-order valence-corrected chi connectivity index (χ2v) is 2.14. The second kappa shape index (κ2) is 3.88. The van der Waals surface area contributed by atoms with Crippen molar-refractivity contribution in [3.8, 4) is 0 Å². The summed E-state index contributed by atoms with van der Waals surface area (Å²) in [4.78, 5) is 0. The molecule has 0 saturated carbocycles. The minimum atomic E-state index is -0.259. The molecule has 0 spiro atoms. The van der Waals surface area contributed by atoms with E-state index in [0.717, 1.165) is 5.56 Å². The van der Waals surface area contributed by atoms with Crippen molar-refractivity contribution in [3.63, 3.8) is 0 Å². The molecule has 1 nitrogen and oxygen atoms in total. The van der Waals surface area contributed by atoms with Gasteiger partial charge < -0.3 is 5.11 Å². The molecule has 0 aliphatic heterocycles. The Balaban J connectivity index is 2.79. The minimum absolute atomic E-state index is 0.0173. The molecule has 1 aromatic rings. The lowest BCUT2D eigenvalue weighted by atomic mass is 10.2. The molecule has 0 aromatic heterocycles. The lowest BCUT2D eigenvalue weighted by Gasteiger charge is -1.91. The molecule has 0 fully saturated rings. The highest BCUT2D eigenvalue weighted by Gasteiger charge is 1.88. The molecule has 0 atom stereocenters. The van der Waals surface area contributed by atoms with E-state index in [0.29, 0.717) is 0 Å². The zero-order valence-electron chi connectivity index (χ0n) is 6.00. The number of aliphatic hydroxyl groups excluding tert-OH is 1.